The van der Waals surface area contributed by atoms with Crippen molar-refractivity contribution >= 4 is 11.8 Å². The first kappa shape index (κ1) is 20.9. The largest absolute Gasteiger partial charge is 0.483 e. The molecule has 0 aromatic heterocycles. The molecule has 3 aromatic carbocycles. The first-order valence-electron chi connectivity index (χ1n) is 9.31. The van der Waals surface area contributed by atoms with Crippen LogP contribution in [0.5, 0.6) is 11.5 Å². The molecule has 0 spiro atoms. The van der Waals surface area contributed by atoms with E-state index in [0.29, 0.717) is 12.2 Å². The summed E-state index contributed by atoms with van der Waals surface area (Å²) in [6.45, 7) is -0.720. The number of hydrazine groups is 1. The molecule has 0 fully saturated rings. The van der Waals surface area contributed by atoms with Crippen LogP contribution in [-0.4, -0.2) is 25.0 Å². The fraction of sp³-hybridized carbons (Fsp3) is 0.130. The van der Waals surface area contributed by atoms with Gasteiger partial charge in [0, 0.05) is 6.42 Å². The Balaban J connectivity index is 1.43. The van der Waals surface area contributed by atoms with Crippen molar-refractivity contribution < 1.29 is 23.5 Å². The number of hydrogen-bond acceptors (Lipinski definition) is 4. The molecular formula is C23H21FN2O4. The molecule has 7 heteroatoms. The molecule has 0 unspecified atom stereocenters. The lowest BCUT2D eigenvalue weighted by Gasteiger charge is -2.12. The van der Waals surface area contributed by atoms with Gasteiger partial charge in [-0.3, -0.25) is 20.4 Å². The molecule has 0 saturated heterocycles. The summed E-state index contributed by atoms with van der Waals surface area (Å²) in [4.78, 5) is 23.7. The Kier molecular flexibility index (Phi) is 7.38. The quantitative estimate of drug-likeness (QED) is 0.562. The highest BCUT2D eigenvalue weighted by Crippen LogP contribution is 2.21. The van der Waals surface area contributed by atoms with E-state index < -0.39 is 24.2 Å². The Morgan fingerprint density at radius 1 is 0.700 bits per heavy atom. The SMILES string of the molecule is O=C(COc1ccccc1F)NNC(=O)COc1ccccc1Cc1ccccc1. The maximum atomic E-state index is 13.4. The monoisotopic (exact) mass is 408 g/mol. The average Bonchev–Trinajstić information content (AvgIpc) is 2.77. The van der Waals surface area contributed by atoms with E-state index >= 15 is 0 Å². The fourth-order valence-corrected chi connectivity index (χ4v) is 2.67. The first-order chi connectivity index (χ1) is 14.6. The van der Waals surface area contributed by atoms with E-state index in [4.69, 9.17) is 9.47 Å². The van der Waals surface area contributed by atoms with Crippen molar-refractivity contribution in [1.29, 1.82) is 0 Å². The molecule has 0 radical (unpaired) electrons. The molecule has 0 aliphatic rings. The Hall–Kier alpha value is -3.87. The van der Waals surface area contributed by atoms with Gasteiger partial charge in [0.15, 0.2) is 24.8 Å². The number of halogens is 1. The minimum atomic E-state index is -0.629. The lowest BCUT2D eigenvalue weighted by atomic mass is 10.0. The molecule has 0 atom stereocenters. The van der Waals surface area contributed by atoms with Crippen LogP contribution < -0.4 is 20.3 Å². The van der Waals surface area contributed by atoms with Crippen LogP contribution in [0.4, 0.5) is 4.39 Å². The zero-order valence-corrected chi connectivity index (χ0v) is 16.1. The second-order valence-corrected chi connectivity index (χ2v) is 6.37. The Labute approximate surface area is 173 Å². The summed E-state index contributed by atoms with van der Waals surface area (Å²) in [7, 11) is 0. The minimum absolute atomic E-state index is 0.0441. The van der Waals surface area contributed by atoms with Crippen molar-refractivity contribution in [3.63, 3.8) is 0 Å². The maximum absolute atomic E-state index is 13.4. The summed E-state index contributed by atoms with van der Waals surface area (Å²) < 4.78 is 24.1. The van der Waals surface area contributed by atoms with Gasteiger partial charge in [0.25, 0.3) is 11.8 Å². The summed E-state index contributed by atoms with van der Waals surface area (Å²) in [5.74, 6) is -1.19. The fourth-order valence-electron chi connectivity index (χ4n) is 2.67. The van der Waals surface area contributed by atoms with Gasteiger partial charge in [-0.1, -0.05) is 60.7 Å². The second-order valence-electron chi connectivity index (χ2n) is 6.37. The molecule has 0 aliphatic heterocycles. The highest BCUT2D eigenvalue weighted by molar-refractivity contribution is 5.83. The van der Waals surface area contributed by atoms with E-state index in [9.17, 15) is 14.0 Å². The maximum Gasteiger partial charge on any atom is 0.276 e. The first-order valence-corrected chi connectivity index (χ1v) is 9.31. The summed E-state index contributed by atoms with van der Waals surface area (Å²) in [5, 5.41) is 0. The lowest BCUT2D eigenvalue weighted by Crippen LogP contribution is -2.45. The Bertz CT molecular complexity index is 995. The Morgan fingerprint density at radius 2 is 1.23 bits per heavy atom. The van der Waals surface area contributed by atoms with Crippen molar-refractivity contribution in [2.45, 2.75) is 6.42 Å². The van der Waals surface area contributed by atoms with Gasteiger partial charge in [-0.25, -0.2) is 4.39 Å². The van der Waals surface area contributed by atoms with Crippen molar-refractivity contribution in [1.82, 2.24) is 10.9 Å². The van der Waals surface area contributed by atoms with Crippen LogP contribution in [0.3, 0.4) is 0 Å². The predicted octanol–water partition coefficient (Wildman–Crippen LogP) is 3.02. The molecule has 0 aliphatic carbocycles. The van der Waals surface area contributed by atoms with Crippen molar-refractivity contribution in [2.75, 3.05) is 13.2 Å². The lowest BCUT2D eigenvalue weighted by molar-refractivity contribution is -0.131. The molecule has 3 rings (SSSR count). The van der Waals surface area contributed by atoms with E-state index in [-0.39, 0.29) is 12.4 Å². The average molecular weight is 408 g/mol. The zero-order chi connectivity index (χ0) is 21.2. The van der Waals surface area contributed by atoms with Crippen LogP contribution in [0.1, 0.15) is 11.1 Å². The van der Waals surface area contributed by atoms with Crippen molar-refractivity contribution in [2.24, 2.45) is 0 Å². The molecule has 2 amide bonds. The van der Waals surface area contributed by atoms with Gasteiger partial charge >= 0.3 is 0 Å². The highest BCUT2D eigenvalue weighted by Gasteiger charge is 2.10. The molecule has 3 aromatic rings. The van der Waals surface area contributed by atoms with Crippen LogP contribution in [0, 0.1) is 5.82 Å². The third kappa shape index (κ3) is 6.34. The van der Waals surface area contributed by atoms with Gasteiger partial charge in [-0.2, -0.15) is 0 Å². The summed E-state index contributed by atoms with van der Waals surface area (Å²) >= 11 is 0. The van der Waals surface area contributed by atoms with Gasteiger partial charge in [0.1, 0.15) is 5.75 Å². The minimum Gasteiger partial charge on any atom is -0.483 e. The normalized spacial score (nSPS) is 10.2. The Morgan fingerprint density at radius 3 is 1.90 bits per heavy atom. The number of carbonyl (C=O) groups is 2. The number of hydrogen-bond donors (Lipinski definition) is 2. The molecule has 0 bridgehead atoms. The molecular weight excluding hydrogens is 387 g/mol. The molecule has 2 N–H and O–H groups in total. The third-order valence-electron chi connectivity index (χ3n) is 4.11. The van der Waals surface area contributed by atoms with Gasteiger partial charge < -0.3 is 9.47 Å². The number of ether oxygens (including phenoxy) is 2. The number of carbonyl (C=O) groups excluding carboxylic acids is 2. The number of amides is 2. The van der Waals surface area contributed by atoms with Crippen LogP contribution >= 0.6 is 0 Å². The highest BCUT2D eigenvalue weighted by atomic mass is 19.1. The van der Waals surface area contributed by atoms with Gasteiger partial charge in [0.2, 0.25) is 0 Å². The molecule has 30 heavy (non-hydrogen) atoms. The standard InChI is InChI=1S/C23H21FN2O4/c24-19-11-5-7-13-21(19)30-16-23(28)26-25-22(27)15-29-20-12-6-4-10-18(20)14-17-8-2-1-3-9-17/h1-13H,14-16H2,(H,25,27)(H,26,28). The van der Waals surface area contributed by atoms with Crippen LogP contribution in [0.15, 0.2) is 78.9 Å². The van der Waals surface area contributed by atoms with Crippen LogP contribution in [0.2, 0.25) is 0 Å². The summed E-state index contributed by atoms with van der Waals surface area (Å²) in [5.41, 5.74) is 6.50. The van der Waals surface area contributed by atoms with E-state index in [1.165, 1.54) is 18.2 Å². The van der Waals surface area contributed by atoms with Gasteiger partial charge in [0.05, 0.1) is 0 Å². The molecule has 6 nitrogen and oxygen atoms in total. The number of rotatable bonds is 8. The van der Waals surface area contributed by atoms with Gasteiger partial charge in [-0.05, 0) is 29.3 Å². The summed E-state index contributed by atoms with van der Waals surface area (Å²) in [6, 6.07) is 23.1. The summed E-state index contributed by atoms with van der Waals surface area (Å²) in [6.07, 6.45) is 0.669. The molecule has 0 heterocycles. The number of benzene rings is 3. The van der Waals surface area contributed by atoms with E-state index in [2.05, 4.69) is 10.9 Å². The van der Waals surface area contributed by atoms with E-state index in [1.807, 2.05) is 48.5 Å². The van der Waals surface area contributed by atoms with Crippen LogP contribution in [-0.2, 0) is 16.0 Å². The van der Waals surface area contributed by atoms with Crippen molar-refractivity contribution in [3.8, 4) is 11.5 Å². The molecule has 0 saturated carbocycles. The van der Waals surface area contributed by atoms with E-state index in [0.717, 1.165) is 11.1 Å². The smallest absolute Gasteiger partial charge is 0.276 e. The second kappa shape index (κ2) is 10.6. The van der Waals surface area contributed by atoms with Gasteiger partial charge in [-0.15, -0.1) is 0 Å². The topological polar surface area (TPSA) is 76.7 Å². The van der Waals surface area contributed by atoms with E-state index in [1.54, 1.807) is 12.1 Å². The van der Waals surface area contributed by atoms with Crippen LogP contribution in [0.25, 0.3) is 0 Å². The molecule has 154 valence electrons. The third-order valence-corrected chi connectivity index (χ3v) is 4.11. The predicted molar refractivity (Wildman–Crippen MR) is 109 cm³/mol. The van der Waals surface area contributed by atoms with Crippen molar-refractivity contribution in [3.05, 3.63) is 95.8 Å². The number of para-hydroxylation sites is 2. The number of nitrogens with one attached hydrogen (secondary N) is 2. The zero-order valence-electron chi connectivity index (χ0n) is 16.1.